The fourth-order valence-corrected chi connectivity index (χ4v) is 6.54. The molecule has 6 rings (SSSR count). The smallest absolute Gasteiger partial charge is 0.338 e. The Morgan fingerprint density at radius 3 is 2.49 bits per heavy atom. The molecule has 5 aromatic rings. The largest absolute Gasteiger partial charge is 0.463 e. The summed E-state index contributed by atoms with van der Waals surface area (Å²) in [5.41, 5.74) is 4.18. The van der Waals surface area contributed by atoms with Gasteiger partial charge in [-0.25, -0.2) is 14.5 Å². The van der Waals surface area contributed by atoms with E-state index in [0.29, 0.717) is 20.6 Å². The minimum atomic E-state index is -0.594. The fraction of sp³-hybridized carbons (Fsp3) is 0.133. The van der Waals surface area contributed by atoms with Crippen molar-refractivity contribution in [2.24, 2.45) is 4.99 Å². The highest BCUT2D eigenvalue weighted by atomic mass is 32.1. The van der Waals surface area contributed by atoms with E-state index >= 15 is 0 Å². The highest BCUT2D eigenvalue weighted by Crippen LogP contribution is 2.33. The minimum Gasteiger partial charge on any atom is -0.463 e. The summed E-state index contributed by atoms with van der Waals surface area (Å²) in [5.74, 6) is -0.457. The van der Waals surface area contributed by atoms with Crippen LogP contribution in [0.4, 0.5) is 0 Å². The molecule has 0 aliphatic carbocycles. The van der Waals surface area contributed by atoms with E-state index in [1.165, 1.54) is 22.7 Å². The van der Waals surface area contributed by atoms with Crippen LogP contribution in [0.3, 0.4) is 0 Å². The lowest BCUT2D eigenvalue weighted by atomic mass is 10.0. The van der Waals surface area contributed by atoms with Crippen molar-refractivity contribution in [1.82, 2.24) is 14.3 Å². The summed E-state index contributed by atoms with van der Waals surface area (Å²) in [7, 11) is 0. The molecule has 0 fully saturated rings. The Hall–Kier alpha value is -4.34. The van der Waals surface area contributed by atoms with Crippen LogP contribution in [0.2, 0.25) is 0 Å². The molecule has 0 bridgehead atoms. The van der Waals surface area contributed by atoms with E-state index in [1.54, 1.807) is 18.4 Å². The molecule has 0 unspecified atom stereocenters. The van der Waals surface area contributed by atoms with Crippen molar-refractivity contribution in [3.8, 4) is 16.9 Å². The van der Waals surface area contributed by atoms with Gasteiger partial charge in [-0.1, -0.05) is 65.9 Å². The second-order valence-electron chi connectivity index (χ2n) is 8.90. The second-order valence-corrected chi connectivity index (χ2v) is 10.9. The molecule has 1 atom stereocenters. The molecule has 39 heavy (non-hydrogen) atoms. The topological polar surface area (TPSA) is 78.5 Å². The lowest BCUT2D eigenvalue weighted by Crippen LogP contribution is -2.39. The van der Waals surface area contributed by atoms with Crippen LogP contribution >= 0.6 is 22.7 Å². The molecule has 1 aliphatic rings. The van der Waals surface area contributed by atoms with Gasteiger partial charge in [0.2, 0.25) is 0 Å². The minimum absolute atomic E-state index is 0.210. The van der Waals surface area contributed by atoms with Gasteiger partial charge >= 0.3 is 5.97 Å². The van der Waals surface area contributed by atoms with Crippen molar-refractivity contribution < 1.29 is 9.53 Å². The Balaban J connectivity index is 1.55. The number of benzene rings is 2. The van der Waals surface area contributed by atoms with E-state index in [0.717, 1.165) is 27.4 Å². The summed E-state index contributed by atoms with van der Waals surface area (Å²) in [6.07, 6.45) is 3.80. The average molecular weight is 553 g/mol. The number of esters is 1. The number of hydrogen-bond donors (Lipinski definition) is 0. The summed E-state index contributed by atoms with van der Waals surface area (Å²) in [5, 5.41) is 6.81. The average Bonchev–Trinajstić information content (AvgIpc) is 3.70. The zero-order chi connectivity index (χ0) is 26.9. The lowest BCUT2D eigenvalue weighted by Gasteiger charge is -2.23. The summed E-state index contributed by atoms with van der Waals surface area (Å²) in [4.78, 5) is 33.1. The number of carbonyl (C=O) groups excluding carboxylic acids is 1. The third-order valence-electron chi connectivity index (χ3n) is 6.43. The van der Waals surface area contributed by atoms with Gasteiger partial charge in [-0.2, -0.15) is 5.10 Å². The molecule has 0 spiro atoms. The van der Waals surface area contributed by atoms with Gasteiger partial charge in [0, 0.05) is 22.2 Å². The molecule has 9 heteroatoms. The van der Waals surface area contributed by atoms with Gasteiger partial charge < -0.3 is 4.74 Å². The first kappa shape index (κ1) is 25.0. The van der Waals surface area contributed by atoms with Gasteiger partial charge in [-0.15, -0.1) is 11.3 Å². The van der Waals surface area contributed by atoms with Crippen molar-refractivity contribution in [2.75, 3.05) is 6.61 Å². The Bertz CT molecular complexity index is 1870. The molecule has 0 amide bonds. The molecule has 2 aromatic carbocycles. The first-order valence-electron chi connectivity index (χ1n) is 12.5. The van der Waals surface area contributed by atoms with E-state index < -0.39 is 12.0 Å². The SMILES string of the molecule is CCOC(=O)C1=C(C)N=c2sc(=Cc3cn(-c4ccccc4)nc3-c3ccccc3)c(=O)n2[C@@H]1c1cccs1. The fourth-order valence-electron chi connectivity index (χ4n) is 4.68. The van der Waals surface area contributed by atoms with Gasteiger partial charge in [0.25, 0.3) is 5.56 Å². The molecular weight excluding hydrogens is 528 g/mol. The molecule has 0 saturated carbocycles. The van der Waals surface area contributed by atoms with Crippen LogP contribution in [0.25, 0.3) is 23.0 Å². The Kier molecular flexibility index (Phi) is 6.68. The number of thiophene rings is 1. The molecular formula is C30H24N4O3S2. The highest BCUT2D eigenvalue weighted by Gasteiger charge is 2.34. The second kappa shape index (κ2) is 10.4. The Morgan fingerprint density at radius 2 is 1.79 bits per heavy atom. The number of allylic oxidation sites excluding steroid dienone is 1. The third kappa shape index (κ3) is 4.60. The van der Waals surface area contributed by atoms with Crippen LogP contribution in [-0.2, 0) is 9.53 Å². The number of aromatic nitrogens is 3. The van der Waals surface area contributed by atoms with E-state index in [1.807, 2.05) is 95.1 Å². The van der Waals surface area contributed by atoms with E-state index in [-0.39, 0.29) is 12.2 Å². The van der Waals surface area contributed by atoms with Crippen LogP contribution in [0.5, 0.6) is 0 Å². The van der Waals surface area contributed by atoms with Gasteiger partial charge in [0.1, 0.15) is 6.04 Å². The Labute approximate surface area is 232 Å². The zero-order valence-electron chi connectivity index (χ0n) is 21.3. The monoisotopic (exact) mass is 552 g/mol. The van der Waals surface area contributed by atoms with Crippen LogP contribution in [0.15, 0.2) is 105 Å². The van der Waals surface area contributed by atoms with Crippen molar-refractivity contribution in [1.29, 1.82) is 0 Å². The van der Waals surface area contributed by atoms with Gasteiger partial charge in [0.15, 0.2) is 4.80 Å². The van der Waals surface area contributed by atoms with Gasteiger partial charge in [-0.3, -0.25) is 9.36 Å². The Morgan fingerprint density at radius 1 is 1.05 bits per heavy atom. The number of thiazole rings is 1. The number of para-hydroxylation sites is 1. The summed E-state index contributed by atoms with van der Waals surface area (Å²) in [6, 6.07) is 23.0. The van der Waals surface area contributed by atoms with Crippen LogP contribution in [-0.4, -0.2) is 26.9 Å². The van der Waals surface area contributed by atoms with Gasteiger partial charge in [0.05, 0.1) is 33.8 Å². The van der Waals surface area contributed by atoms with Crippen LogP contribution in [0.1, 0.15) is 30.3 Å². The quantitative estimate of drug-likeness (QED) is 0.286. The van der Waals surface area contributed by atoms with E-state index in [4.69, 9.17) is 9.84 Å². The normalized spacial score (nSPS) is 15.2. The first-order valence-corrected chi connectivity index (χ1v) is 14.2. The molecule has 4 heterocycles. The molecule has 7 nitrogen and oxygen atoms in total. The summed E-state index contributed by atoms with van der Waals surface area (Å²) >= 11 is 2.80. The first-order chi connectivity index (χ1) is 19.0. The van der Waals surface area contributed by atoms with Crippen LogP contribution < -0.4 is 14.9 Å². The van der Waals surface area contributed by atoms with Crippen molar-refractivity contribution in [3.63, 3.8) is 0 Å². The highest BCUT2D eigenvalue weighted by molar-refractivity contribution is 7.10. The molecule has 1 aliphatic heterocycles. The molecule has 194 valence electrons. The maximum absolute atomic E-state index is 14.0. The lowest BCUT2D eigenvalue weighted by molar-refractivity contribution is -0.139. The number of rotatable bonds is 6. The maximum Gasteiger partial charge on any atom is 0.338 e. The summed E-state index contributed by atoms with van der Waals surface area (Å²) < 4.78 is 9.31. The van der Waals surface area contributed by atoms with E-state index in [2.05, 4.69) is 4.99 Å². The van der Waals surface area contributed by atoms with Crippen molar-refractivity contribution in [2.45, 2.75) is 19.9 Å². The number of carbonyl (C=O) groups is 1. The zero-order valence-corrected chi connectivity index (χ0v) is 22.9. The van der Waals surface area contributed by atoms with Crippen LogP contribution in [0, 0.1) is 0 Å². The number of hydrogen-bond acceptors (Lipinski definition) is 7. The third-order valence-corrected chi connectivity index (χ3v) is 8.33. The maximum atomic E-state index is 14.0. The number of fused-ring (bicyclic) bond motifs is 1. The van der Waals surface area contributed by atoms with Crippen molar-refractivity contribution >= 4 is 34.7 Å². The number of nitrogens with zero attached hydrogens (tertiary/aromatic N) is 4. The predicted octanol–water partition coefficient (Wildman–Crippen LogP) is 4.71. The molecule has 0 radical (unpaired) electrons. The molecule has 3 aromatic heterocycles. The van der Waals surface area contributed by atoms with Crippen molar-refractivity contribution in [3.05, 3.63) is 126 Å². The molecule has 0 N–H and O–H groups in total. The number of ether oxygens (including phenoxy) is 1. The standard InChI is InChI=1S/C30H24N4O3S2/c1-3-37-29(36)25-19(2)31-30-34(27(25)23-15-10-16-38-23)28(35)24(39-30)17-21-18-33(22-13-8-5-9-14-22)32-26(21)20-11-6-4-7-12-20/h4-18,27H,3H2,1-2H3/t27-/m1/s1. The van der Waals surface area contributed by atoms with Gasteiger partial charge in [-0.05, 0) is 43.5 Å². The molecule has 0 saturated heterocycles. The summed E-state index contributed by atoms with van der Waals surface area (Å²) in [6.45, 7) is 3.80. The predicted molar refractivity (Wildman–Crippen MR) is 154 cm³/mol. The van der Waals surface area contributed by atoms with E-state index in [9.17, 15) is 9.59 Å².